The van der Waals surface area contributed by atoms with E-state index >= 15 is 0 Å². The van der Waals surface area contributed by atoms with Gasteiger partial charge in [0.25, 0.3) is 6.47 Å². The van der Waals surface area contributed by atoms with Crippen LogP contribution in [0.1, 0.15) is 44.3 Å². The molecule has 0 saturated carbocycles. The highest BCUT2D eigenvalue weighted by Crippen LogP contribution is 2.43. The molecule has 33 heavy (non-hydrogen) atoms. The Labute approximate surface area is 193 Å². The van der Waals surface area contributed by atoms with E-state index in [1.165, 1.54) is 12.8 Å². The molecule has 5 rings (SSSR count). The lowest BCUT2D eigenvalue weighted by molar-refractivity contribution is -0.152. The molecule has 0 aliphatic carbocycles. The first-order valence-corrected chi connectivity index (χ1v) is 11.8. The van der Waals surface area contributed by atoms with Gasteiger partial charge in [0.2, 0.25) is 5.91 Å². The van der Waals surface area contributed by atoms with Crippen molar-refractivity contribution >= 4 is 29.4 Å². The molecular formula is C24H32N4O5. The van der Waals surface area contributed by atoms with Crippen LogP contribution in [0.25, 0.3) is 11.0 Å². The third-order valence-corrected chi connectivity index (χ3v) is 7.07. The van der Waals surface area contributed by atoms with Gasteiger partial charge in [0.1, 0.15) is 11.9 Å². The SMILES string of the molecule is O=C(CCc1nc2ccccc2[nH]1)N1CCC2(CC1)CC(CN1CCCC1)OC2=O.O=CO. The van der Waals surface area contributed by atoms with Crippen LogP contribution < -0.4 is 0 Å². The van der Waals surface area contributed by atoms with Crippen LogP contribution in [-0.2, 0) is 25.5 Å². The standard InChI is InChI=1S/C23H30N4O3.CH2O2/c28-21(8-7-20-24-18-5-1-2-6-19(18)25-20)27-13-9-23(10-14-27)15-17(30-22(23)29)16-26-11-3-4-12-26;2-1-3/h1-2,5-6,17H,3-4,7-16H2,(H,24,25);1H,(H,2,3). The number of fused-ring (bicyclic) bond motifs is 1. The van der Waals surface area contributed by atoms with Crippen LogP contribution in [0.3, 0.4) is 0 Å². The highest BCUT2D eigenvalue weighted by molar-refractivity contribution is 5.81. The number of cyclic esters (lactones) is 1. The number of H-pyrrole nitrogens is 1. The fraction of sp³-hybridized carbons (Fsp3) is 0.583. The normalized spacial score (nSPS) is 22.2. The molecule has 178 valence electrons. The van der Waals surface area contributed by atoms with Crippen LogP contribution in [0, 0.1) is 5.41 Å². The van der Waals surface area contributed by atoms with Crippen molar-refractivity contribution < 1.29 is 24.2 Å². The quantitative estimate of drug-likeness (QED) is 0.523. The molecule has 1 aromatic heterocycles. The van der Waals surface area contributed by atoms with Crippen LogP contribution in [-0.4, -0.2) is 82.1 Å². The summed E-state index contributed by atoms with van der Waals surface area (Å²) in [5.74, 6) is 0.952. The minimum absolute atomic E-state index is 0.0194. The molecule has 3 fully saturated rings. The summed E-state index contributed by atoms with van der Waals surface area (Å²) in [5, 5.41) is 6.89. The maximum absolute atomic E-state index is 12.7. The predicted molar refractivity (Wildman–Crippen MR) is 122 cm³/mol. The maximum Gasteiger partial charge on any atom is 0.312 e. The number of benzene rings is 1. The zero-order chi connectivity index (χ0) is 23.3. The van der Waals surface area contributed by atoms with Gasteiger partial charge in [-0.2, -0.15) is 0 Å². The van der Waals surface area contributed by atoms with E-state index in [0.717, 1.165) is 55.8 Å². The van der Waals surface area contributed by atoms with E-state index in [9.17, 15) is 9.59 Å². The second-order valence-corrected chi connectivity index (χ2v) is 9.21. The number of aromatic amines is 1. The number of likely N-dealkylation sites (tertiary alicyclic amines) is 2. The Hall–Kier alpha value is -2.94. The first kappa shape index (κ1) is 23.2. The highest BCUT2D eigenvalue weighted by Gasteiger charge is 2.51. The van der Waals surface area contributed by atoms with Gasteiger partial charge in [0, 0.05) is 38.9 Å². The highest BCUT2D eigenvalue weighted by atomic mass is 16.6. The summed E-state index contributed by atoms with van der Waals surface area (Å²) < 4.78 is 5.75. The fourth-order valence-corrected chi connectivity index (χ4v) is 5.29. The number of hydrogen-bond acceptors (Lipinski definition) is 6. The van der Waals surface area contributed by atoms with E-state index in [-0.39, 0.29) is 29.9 Å². The number of aryl methyl sites for hydroxylation is 1. The zero-order valence-electron chi connectivity index (χ0n) is 18.9. The lowest BCUT2D eigenvalue weighted by atomic mass is 9.76. The number of carbonyl (C=O) groups excluding carboxylic acids is 2. The van der Waals surface area contributed by atoms with Crippen LogP contribution in [0.4, 0.5) is 0 Å². The largest absolute Gasteiger partial charge is 0.483 e. The first-order chi connectivity index (χ1) is 16.0. The number of hydrogen-bond donors (Lipinski definition) is 2. The van der Waals surface area contributed by atoms with E-state index in [4.69, 9.17) is 14.6 Å². The summed E-state index contributed by atoms with van der Waals surface area (Å²) in [7, 11) is 0. The molecule has 1 spiro atoms. The molecule has 1 amide bonds. The lowest BCUT2D eigenvalue weighted by Gasteiger charge is -2.36. The smallest absolute Gasteiger partial charge is 0.312 e. The molecule has 4 heterocycles. The topological polar surface area (TPSA) is 116 Å². The molecule has 0 bridgehead atoms. The number of carboxylic acid groups (broad SMARTS) is 1. The van der Waals surface area contributed by atoms with Gasteiger partial charge < -0.3 is 19.7 Å². The Morgan fingerprint density at radius 3 is 2.61 bits per heavy atom. The third kappa shape index (κ3) is 5.35. The average molecular weight is 457 g/mol. The van der Waals surface area contributed by atoms with Crippen molar-refractivity contribution in [2.75, 3.05) is 32.7 Å². The third-order valence-electron chi connectivity index (χ3n) is 7.07. The summed E-state index contributed by atoms with van der Waals surface area (Å²) in [6.07, 6.45) is 5.81. The van der Waals surface area contributed by atoms with Crippen LogP contribution in [0.2, 0.25) is 0 Å². The predicted octanol–water partition coefficient (Wildman–Crippen LogP) is 2.22. The number of nitrogens with one attached hydrogen (secondary N) is 1. The molecule has 3 aliphatic rings. The number of piperidine rings is 1. The summed E-state index contributed by atoms with van der Waals surface area (Å²) in [5.41, 5.74) is 1.56. The number of imidazole rings is 1. The molecule has 3 saturated heterocycles. The molecule has 2 aromatic rings. The van der Waals surface area contributed by atoms with Crippen molar-refractivity contribution in [3.63, 3.8) is 0 Å². The van der Waals surface area contributed by atoms with Gasteiger partial charge in [-0.25, -0.2) is 4.98 Å². The summed E-state index contributed by atoms with van der Waals surface area (Å²) in [4.78, 5) is 45.9. The molecule has 3 aliphatic heterocycles. The lowest BCUT2D eigenvalue weighted by Crippen LogP contribution is -2.45. The Morgan fingerprint density at radius 1 is 1.21 bits per heavy atom. The van der Waals surface area contributed by atoms with Gasteiger partial charge in [-0.05, 0) is 50.9 Å². The van der Waals surface area contributed by atoms with Gasteiger partial charge in [-0.1, -0.05) is 12.1 Å². The number of amides is 1. The summed E-state index contributed by atoms with van der Waals surface area (Å²) >= 11 is 0. The number of ether oxygens (including phenoxy) is 1. The Kier molecular flexibility index (Phi) is 7.27. The van der Waals surface area contributed by atoms with Gasteiger partial charge in [0.05, 0.1) is 16.4 Å². The van der Waals surface area contributed by atoms with Gasteiger partial charge in [-0.15, -0.1) is 0 Å². The Bertz CT molecular complexity index is 943. The summed E-state index contributed by atoms with van der Waals surface area (Å²) in [6, 6.07) is 7.91. The van der Waals surface area contributed by atoms with Crippen molar-refractivity contribution in [3.8, 4) is 0 Å². The van der Waals surface area contributed by atoms with Crippen LogP contribution >= 0.6 is 0 Å². The molecule has 1 aromatic carbocycles. The molecule has 2 N–H and O–H groups in total. The van der Waals surface area contributed by atoms with Gasteiger partial charge >= 0.3 is 5.97 Å². The molecular weight excluding hydrogens is 424 g/mol. The van der Waals surface area contributed by atoms with Crippen molar-refractivity contribution in [1.82, 2.24) is 19.8 Å². The minimum atomic E-state index is -0.375. The van der Waals surface area contributed by atoms with E-state index in [2.05, 4.69) is 14.9 Å². The number of nitrogens with zero attached hydrogens (tertiary/aromatic N) is 3. The number of para-hydroxylation sites is 2. The molecule has 0 radical (unpaired) electrons. The molecule has 1 atom stereocenters. The fourth-order valence-electron chi connectivity index (χ4n) is 5.29. The number of esters is 1. The molecule has 9 heteroatoms. The Morgan fingerprint density at radius 2 is 1.91 bits per heavy atom. The van der Waals surface area contributed by atoms with Gasteiger partial charge in [-0.3, -0.25) is 19.3 Å². The van der Waals surface area contributed by atoms with Crippen molar-refractivity contribution in [2.45, 2.75) is 51.0 Å². The van der Waals surface area contributed by atoms with Gasteiger partial charge in [0.15, 0.2) is 0 Å². The number of rotatable bonds is 5. The van der Waals surface area contributed by atoms with Crippen molar-refractivity contribution in [1.29, 1.82) is 0 Å². The Balaban J connectivity index is 0.000000821. The van der Waals surface area contributed by atoms with E-state index in [0.29, 0.717) is 25.9 Å². The van der Waals surface area contributed by atoms with Crippen molar-refractivity contribution in [3.05, 3.63) is 30.1 Å². The maximum atomic E-state index is 12.7. The second kappa shape index (κ2) is 10.3. The average Bonchev–Trinajstić information content (AvgIpc) is 3.53. The molecule has 1 unspecified atom stereocenters. The van der Waals surface area contributed by atoms with E-state index in [1.54, 1.807) is 0 Å². The van der Waals surface area contributed by atoms with Crippen LogP contribution in [0.15, 0.2) is 24.3 Å². The summed E-state index contributed by atoms with van der Waals surface area (Å²) in [6.45, 7) is 4.14. The monoisotopic (exact) mass is 456 g/mol. The van der Waals surface area contributed by atoms with E-state index in [1.807, 2.05) is 29.2 Å². The zero-order valence-corrected chi connectivity index (χ0v) is 18.9. The minimum Gasteiger partial charge on any atom is -0.483 e. The number of carbonyl (C=O) groups is 3. The second-order valence-electron chi connectivity index (χ2n) is 9.21. The van der Waals surface area contributed by atoms with E-state index < -0.39 is 0 Å². The first-order valence-electron chi connectivity index (χ1n) is 11.8. The number of aromatic nitrogens is 2. The van der Waals surface area contributed by atoms with Crippen LogP contribution in [0.5, 0.6) is 0 Å². The molecule has 9 nitrogen and oxygen atoms in total. The van der Waals surface area contributed by atoms with Crippen molar-refractivity contribution in [2.24, 2.45) is 5.41 Å².